The lowest BCUT2D eigenvalue weighted by Gasteiger charge is -2.26. The molecule has 1 amide bonds. The molecular formula is C14H16Cl2FNO. The first-order valence-electron chi connectivity index (χ1n) is 6.36. The molecular weight excluding hydrogens is 288 g/mol. The van der Waals surface area contributed by atoms with E-state index in [0.717, 1.165) is 25.7 Å². The maximum Gasteiger partial charge on any atom is 0.254 e. The fourth-order valence-electron chi connectivity index (χ4n) is 2.52. The smallest absolute Gasteiger partial charge is 0.254 e. The number of halogens is 3. The van der Waals surface area contributed by atoms with Gasteiger partial charge in [0.15, 0.2) is 0 Å². The first-order valence-corrected chi connectivity index (χ1v) is 7.27. The fraction of sp³-hybridized carbons (Fsp3) is 0.500. The zero-order valence-electron chi connectivity index (χ0n) is 10.5. The molecule has 1 aliphatic carbocycles. The average molecular weight is 304 g/mol. The summed E-state index contributed by atoms with van der Waals surface area (Å²) in [5.74, 6) is -0.477. The number of rotatable bonds is 4. The van der Waals surface area contributed by atoms with Gasteiger partial charge in [-0.1, -0.05) is 24.4 Å². The Labute approximate surface area is 122 Å². The highest BCUT2D eigenvalue weighted by atomic mass is 35.5. The van der Waals surface area contributed by atoms with Gasteiger partial charge in [-0.3, -0.25) is 4.79 Å². The number of hydrogen-bond acceptors (Lipinski definition) is 1. The third kappa shape index (κ3) is 3.40. The number of amides is 1. The topological polar surface area (TPSA) is 29.1 Å². The minimum Gasteiger partial charge on any atom is -0.351 e. The number of carbonyl (C=O) groups excluding carboxylic acids is 1. The van der Waals surface area contributed by atoms with Crippen molar-refractivity contribution in [3.63, 3.8) is 0 Å². The van der Waals surface area contributed by atoms with Crippen LogP contribution in [0.25, 0.3) is 0 Å². The molecule has 0 atom stereocenters. The van der Waals surface area contributed by atoms with E-state index in [1.54, 1.807) is 0 Å². The Hall–Kier alpha value is -0.800. The second-order valence-corrected chi connectivity index (χ2v) is 5.85. The molecule has 0 radical (unpaired) electrons. The Morgan fingerprint density at radius 3 is 2.68 bits per heavy atom. The summed E-state index contributed by atoms with van der Waals surface area (Å²) in [6.07, 6.45) is 4.28. The minimum atomic E-state index is -0.562. The molecule has 1 fully saturated rings. The lowest BCUT2D eigenvalue weighted by molar-refractivity contribution is 0.0931. The van der Waals surface area contributed by atoms with E-state index in [1.807, 2.05) is 0 Å². The monoisotopic (exact) mass is 303 g/mol. The highest BCUT2D eigenvalue weighted by Gasteiger charge is 2.33. The molecule has 0 unspecified atom stereocenters. The van der Waals surface area contributed by atoms with Gasteiger partial charge in [0.25, 0.3) is 5.91 Å². The summed E-state index contributed by atoms with van der Waals surface area (Å²) in [6, 6.07) is 3.96. The Balaban J connectivity index is 2.03. The van der Waals surface area contributed by atoms with Crippen molar-refractivity contribution < 1.29 is 9.18 Å². The molecule has 1 aliphatic rings. The number of carbonyl (C=O) groups is 1. The van der Waals surface area contributed by atoms with Crippen LogP contribution in [0, 0.1) is 11.2 Å². The molecule has 104 valence electrons. The zero-order valence-corrected chi connectivity index (χ0v) is 12.0. The molecule has 0 saturated heterocycles. The van der Waals surface area contributed by atoms with Crippen molar-refractivity contribution >= 4 is 29.1 Å². The van der Waals surface area contributed by atoms with E-state index >= 15 is 0 Å². The van der Waals surface area contributed by atoms with Gasteiger partial charge in [0.05, 0.1) is 5.56 Å². The highest BCUT2D eigenvalue weighted by Crippen LogP contribution is 2.38. The van der Waals surface area contributed by atoms with Crippen LogP contribution in [-0.4, -0.2) is 18.3 Å². The quantitative estimate of drug-likeness (QED) is 0.837. The van der Waals surface area contributed by atoms with E-state index in [9.17, 15) is 9.18 Å². The second-order valence-electron chi connectivity index (χ2n) is 5.15. The van der Waals surface area contributed by atoms with Crippen LogP contribution in [-0.2, 0) is 0 Å². The summed E-state index contributed by atoms with van der Waals surface area (Å²) in [4.78, 5) is 12.0. The minimum absolute atomic E-state index is 0.0183. The molecule has 19 heavy (non-hydrogen) atoms. The number of alkyl halides is 1. The van der Waals surface area contributed by atoms with E-state index in [-0.39, 0.29) is 11.0 Å². The van der Waals surface area contributed by atoms with Crippen molar-refractivity contribution in [3.8, 4) is 0 Å². The number of nitrogens with one attached hydrogen (secondary N) is 1. The van der Waals surface area contributed by atoms with Crippen LogP contribution in [0.1, 0.15) is 36.0 Å². The molecule has 2 rings (SSSR count). The second kappa shape index (κ2) is 6.10. The van der Waals surface area contributed by atoms with Crippen molar-refractivity contribution in [1.82, 2.24) is 5.32 Å². The Kier molecular flexibility index (Phi) is 4.69. The molecule has 2 nitrogen and oxygen atoms in total. The van der Waals surface area contributed by atoms with Crippen molar-refractivity contribution in [2.75, 3.05) is 12.4 Å². The van der Waals surface area contributed by atoms with E-state index in [4.69, 9.17) is 23.2 Å². The van der Waals surface area contributed by atoms with Crippen molar-refractivity contribution in [3.05, 3.63) is 34.6 Å². The molecule has 5 heteroatoms. The molecule has 0 aliphatic heterocycles. The van der Waals surface area contributed by atoms with Gasteiger partial charge in [-0.05, 0) is 31.0 Å². The standard InChI is InChI=1S/C14H16Cl2FNO/c15-8-14(5-1-2-6-14)9-18-13(19)11-7-10(16)3-4-12(11)17/h3-4,7H,1-2,5-6,8-9H2,(H,18,19). The summed E-state index contributed by atoms with van der Waals surface area (Å²) in [7, 11) is 0. The molecule has 1 aromatic rings. The van der Waals surface area contributed by atoms with Crippen LogP contribution >= 0.6 is 23.2 Å². The van der Waals surface area contributed by atoms with Crippen LogP contribution in [0.2, 0.25) is 5.02 Å². The molecule has 0 bridgehead atoms. The van der Waals surface area contributed by atoms with Crippen LogP contribution in [0.5, 0.6) is 0 Å². The SMILES string of the molecule is O=C(NCC1(CCl)CCCC1)c1cc(Cl)ccc1F. The molecule has 1 aromatic carbocycles. The lowest BCUT2D eigenvalue weighted by Crippen LogP contribution is -2.37. The maximum absolute atomic E-state index is 13.6. The van der Waals surface area contributed by atoms with Gasteiger partial charge in [-0.15, -0.1) is 11.6 Å². The first kappa shape index (κ1) is 14.6. The summed E-state index contributed by atoms with van der Waals surface area (Å²) in [5, 5.41) is 3.13. The highest BCUT2D eigenvalue weighted by molar-refractivity contribution is 6.31. The Morgan fingerprint density at radius 2 is 2.05 bits per heavy atom. The van der Waals surface area contributed by atoms with Crippen LogP contribution in [0.4, 0.5) is 4.39 Å². The summed E-state index contributed by atoms with van der Waals surface area (Å²) in [5.41, 5.74) is -0.0538. The predicted molar refractivity (Wildman–Crippen MR) is 75.4 cm³/mol. The molecule has 0 heterocycles. The van der Waals surface area contributed by atoms with Gasteiger partial charge < -0.3 is 5.32 Å². The Morgan fingerprint density at radius 1 is 1.37 bits per heavy atom. The number of hydrogen-bond donors (Lipinski definition) is 1. The maximum atomic E-state index is 13.6. The molecule has 1 saturated carbocycles. The van der Waals surface area contributed by atoms with Gasteiger partial charge in [-0.25, -0.2) is 4.39 Å². The van der Waals surface area contributed by atoms with Crippen LogP contribution in [0.3, 0.4) is 0 Å². The molecule has 1 N–H and O–H groups in total. The van der Waals surface area contributed by atoms with E-state index < -0.39 is 11.7 Å². The van der Waals surface area contributed by atoms with Crippen molar-refractivity contribution in [2.45, 2.75) is 25.7 Å². The first-order chi connectivity index (χ1) is 9.06. The third-order valence-electron chi connectivity index (χ3n) is 3.74. The van der Waals surface area contributed by atoms with E-state index in [1.165, 1.54) is 18.2 Å². The summed E-state index contributed by atoms with van der Waals surface area (Å²) in [6.45, 7) is 0.487. The molecule has 0 aromatic heterocycles. The van der Waals surface area contributed by atoms with Crippen molar-refractivity contribution in [2.24, 2.45) is 5.41 Å². The van der Waals surface area contributed by atoms with Gasteiger partial charge in [0.2, 0.25) is 0 Å². The van der Waals surface area contributed by atoms with Gasteiger partial charge in [0, 0.05) is 22.9 Å². The summed E-state index contributed by atoms with van der Waals surface area (Å²) < 4.78 is 13.6. The van der Waals surface area contributed by atoms with Gasteiger partial charge >= 0.3 is 0 Å². The zero-order chi connectivity index (χ0) is 13.9. The molecule has 0 spiro atoms. The largest absolute Gasteiger partial charge is 0.351 e. The Bertz CT molecular complexity index is 473. The summed E-state index contributed by atoms with van der Waals surface area (Å²) >= 11 is 11.8. The predicted octanol–water partition coefficient (Wildman–Crippen LogP) is 4.01. The van der Waals surface area contributed by atoms with E-state index in [2.05, 4.69) is 5.32 Å². The number of benzene rings is 1. The van der Waals surface area contributed by atoms with Crippen LogP contribution < -0.4 is 5.32 Å². The lowest BCUT2D eigenvalue weighted by atomic mass is 9.88. The van der Waals surface area contributed by atoms with Gasteiger partial charge in [-0.2, -0.15) is 0 Å². The normalized spacial score (nSPS) is 17.4. The van der Waals surface area contributed by atoms with Crippen LogP contribution in [0.15, 0.2) is 18.2 Å². The van der Waals surface area contributed by atoms with Crippen molar-refractivity contribution in [1.29, 1.82) is 0 Å². The average Bonchev–Trinajstić information content (AvgIpc) is 2.88. The van der Waals surface area contributed by atoms with E-state index in [0.29, 0.717) is 17.4 Å². The third-order valence-corrected chi connectivity index (χ3v) is 4.55. The fourth-order valence-corrected chi connectivity index (χ4v) is 3.05. The van der Waals surface area contributed by atoms with Gasteiger partial charge in [0.1, 0.15) is 5.82 Å².